The third-order valence-electron chi connectivity index (χ3n) is 4.56. The summed E-state index contributed by atoms with van der Waals surface area (Å²) in [5, 5.41) is 0. The van der Waals surface area contributed by atoms with Crippen molar-refractivity contribution in [3.8, 4) is 0 Å². The second-order valence-corrected chi connectivity index (χ2v) is 7.09. The zero-order chi connectivity index (χ0) is 17.9. The molecule has 0 aromatic carbocycles. The van der Waals surface area contributed by atoms with Gasteiger partial charge in [0.05, 0.1) is 6.61 Å². The van der Waals surface area contributed by atoms with E-state index in [0.29, 0.717) is 12.2 Å². The number of rotatable bonds is 18. The number of ether oxygens (including phenoxy) is 1. The van der Waals surface area contributed by atoms with Crippen LogP contribution in [0.5, 0.6) is 0 Å². The van der Waals surface area contributed by atoms with Crippen LogP contribution >= 0.6 is 0 Å². The van der Waals surface area contributed by atoms with Gasteiger partial charge in [-0.2, -0.15) is 0 Å². The molecular formula is C22H42O2. The fraction of sp³-hybridized carbons (Fsp3) is 0.864. The molecule has 0 aromatic heterocycles. The molecule has 0 amide bonds. The van der Waals surface area contributed by atoms with E-state index in [0.717, 1.165) is 19.3 Å². The average molecular weight is 339 g/mol. The quantitative estimate of drug-likeness (QED) is 0.148. The molecule has 0 rings (SSSR count). The molecule has 0 bridgehead atoms. The Balaban J connectivity index is 3.20. The normalized spacial score (nSPS) is 10.8. The summed E-state index contributed by atoms with van der Waals surface area (Å²) in [5.41, 5.74) is 0.641. The zero-order valence-electron chi connectivity index (χ0n) is 16.5. The molecule has 0 radical (unpaired) electrons. The van der Waals surface area contributed by atoms with Crippen LogP contribution in [0.15, 0.2) is 12.2 Å². The number of hydrogen-bond donors (Lipinski definition) is 0. The van der Waals surface area contributed by atoms with Crippen LogP contribution in [0.4, 0.5) is 0 Å². The third kappa shape index (κ3) is 16.1. The summed E-state index contributed by atoms with van der Waals surface area (Å²) in [7, 11) is 0. The molecular weight excluding hydrogens is 296 g/mol. The first-order chi connectivity index (χ1) is 11.7. The Bertz CT molecular complexity index is 296. The first kappa shape index (κ1) is 23.2. The fourth-order valence-corrected chi connectivity index (χ4v) is 2.93. The second-order valence-electron chi connectivity index (χ2n) is 7.09. The Hall–Kier alpha value is -0.790. The van der Waals surface area contributed by atoms with Gasteiger partial charge < -0.3 is 4.74 Å². The molecule has 0 N–H and O–H groups in total. The van der Waals surface area contributed by atoms with E-state index in [1.807, 2.05) is 6.92 Å². The Morgan fingerprint density at radius 2 is 1.08 bits per heavy atom. The number of hydrogen-bond acceptors (Lipinski definition) is 2. The lowest BCUT2D eigenvalue weighted by Crippen LogP contribution is -2.07. The molecule has 0 aliphatic carbocycles. The molecule has 24 heavy (non-hydrogen) atoms. The van der Waals surface area contributed by atoms with Gasteiger partial charge in [-0.05, 0) is 19.3 Å². The molecule has 0 aliphatic heterocycles. The van der Waals surface area contributed by atoms with E-state index in [4.69, 9.17) is 4.74 Å². The summed E-state index contributed by atoms with van der Waals surface area (Å²) in [6.45, 7) is 8.62. The van der Waals surface area contributed by atoms with Crippen LogP contribution in [-0.2, 0) is 9.53 Å². The first-order valence-corrected chi connectivity index (χ1v) is 10.6. The summed E-state index contributed by atoms with van der Waals surface area (Å²) >= 11 is 0. The molecule has 0 aliphatic rings. The van der Waals surface area contributed by atoms with Crippen molar-refractivity contribution in [2.75, 3.05) is 6.61 Å². The van der Waals surface area contributed by atoms with Gasteiger partial charge in [0.1, 0.15) is 0 Å². The summed E-state index contributed by atoms with van der Waals surface area (Å²) in [6.07, 6.45) is 20.6. The minimum absolute atomic E-state index is 0.202. The van der Waals surface area contributed by atoms with Crippen LogP contribution < -0.4 is 0 Å². The van der Waals surface area contributed by atoms with Gasteiger partial charge in [-0.1, -0.05) is 104 Å². The molecule has 0 atom stereocenters. The summed E-state index contributed by atoms with van der Waals surface area (Å²) < 4.78 is 5.08. The third-order valence-corrected chi connectivity index (χ3v) is 4.56. The van der Waals surface area contributed by atoms with Gasteiger partial charge in [0.2, 0.25) is 0 Å². The first-order valence-electron chi connectivity index (χ1n) is 10.6. The zero-order valence-corrected chi connectivity index (χ0v) is 16.5. The maximum absolute atomic E-state index is 11.5. The molecule has 0 saturated heterocycles. The topological polar surface area (TPSA) is 26.3 Å². The van der Waals surface area contributed by atoms with Crippen LogP contribution in [0.2, 0.25) is 0 Å². The van der Waals surface area contributed by atoms with Gasteiger partial charge in [0, 0.05) is 5.57 Å². The number of carbonyl (C=O) groups is 1. The highest BCUT2D eigenvalue weighted by molar-refractivity contribution is 5.87. The van der Waals surface area contributed by atoms with Crippen molar-refractivity contribution in [3.63, 3.8) is 0 Å². The molecule has 0 spiro atoms. The minimum Gasteiger partial charge on any atom is -0.462 e. The number of esters is 1. The van der Waals surface area contributed by atoms with E-state index in [9.17, 15) is 4.79 Å². The monoisotopic (exact) mass is 338 g/mol. The van der Waals surface area contributed by atoms with E-state index >= 15 is 0 Å². The van der Waals surface area contributed by atoms with Crippen LogP contribution in [-0.4, -0.2) is 12.6 Å². The fourth-order valence-electron chi connectivity index (χ4n) is 2.93. The Morgan fingerprint density at radius 3 is 1.50 bits per heavy atom. The molecule has 0 unspecified atom stereocenters. The highest BCUT2D eigenvalue weighted by Crippen LogP contribution is 2.14. The Morgan fingerprint density at radius 1 is 0.667 bits per heavy atom. The maximum atomic E-state index is 11.5. The van der Waals surface area contributed by atoms with Crippen molar-refractivity contribution in [2.45, 2.75) is 117 Å². The van der Waals surface area contributed by atoms with E-state index in [1.165, 1.54) is 83.5 Å². The minimum atomic E-state index is -0.202. The van der Waals surface area contributed by atoms with Crippen molar-refractivity contribution in [3.05, 3.63) is 12.2 Å². The van der Waals surface area contributed by atoms with Crippen molar-refractivity contribution in [1.29, 1.82) is 0 Å². The molecule has 0 heterocycles. The summed E-state index contributed by atoms with van der Waals surface area (Å²) in [5.74, 6) is -0.202. The van der Waals surface area contributed by atoms with E-state index < -0.39 is 0 Å². The van der Waals surface area contributed by atoms with Crippen LogP contribution in [0.1, 0.15) is 117 Å². The second kappa shape index (κ2) is 18.5. The molecule has 2 heteroatoms. The highest BCUT2D eigenvalue weighted by Gasteiger charge is 2.07. The molecule has 0 saturated carbocycles. The average Bonchev–Trinajstić information content (AvgIpc) is 2.59. The smallest absolute Gasteiger partial charge is 0.333 e. The van der Waals surface area contributed by atoms with Gasteiger partial charge in [-0.15, -0.1) is 0 Å². The summed E-state index contributed by atoms with van der Waals surface area (Å²) in [6, 6.07) is 0. The Kier molecular flexibility index (Phi) is 17.9. The van der Waals surface area contributed by atoms with Crippen molar-refractivity contribution >= 4 is 5.97 Å². The van der Waals surface area contributed by atoms with Gasteiger partial charge >= 0.3 is 5.97 Å². The van der Waals surface area contributed by atoms with E-state index in [-0.39, 0.29) is 5.97 Å². The lowest BCUT2D eigenvalue weighted by atomic mass is 10.0. The standard InChI is InChI=1S/C22H42O2/c1-4-6-7-8-9-10-11-12-13-14-15-16-17-18-19-21(3)22(23)24-20-5-2/h3-20H2,1-2H3. The highest BCUT2D eigenvalue weighted by atomic mass is 16.5. The van der Waals surface area contributed by atoms with Crippen molar-refractivity contribution in [2.24, 2.45) is 0 Å². The lowest BCUT2D eigenvalue weighted by molar-refractivity contribution is -0.139. The van der Waals surface area contributed by atoms with E-state index in [2.05, 4.69) is 13.5 Å². The predicted octanol–water partition coefficient (Wildman–Crippen LogP) is 7.37. The maximum Gasteiger partial charge on any atom is 0.333 e. The molecule has 2 nitrogen and oxygen atoms in total. The largest absolute Gasteiger partial charge is 0.462 e. The van der Waals surface area contributed by atoms with Crippen LogP contribution in [0.3, 0.4) is 0 Å². The van der Waals surface area contributed by atoms with E-state index in [1.54, 1.807) is 0 Å². The Labute approximate surface area is 151 Å². The molecule has 0 fully saturated rings. The summed E-state index contributed by atoms with van der Waals surface area (Å²) in [4.78, 5) is 11.5. The number of carbonyl (C=O) groups excluding carboxylic acids is 1. The SMILES string of the molecule is C=C(CCCCCCCCCCCCCCCC)C(=O)OCCC. The van der Waals surface area contributed by atoms with Crippen molar-refractivity contribution in [1.82, 2.24) is 0 Å². The lowest BCUT2D eigenvalue weighted by Gasteiger charge is -2.06. The van der Waals surface area contributed by atoms with Crippen molar-refractivity contribution < 1.29 is 9.53 Å². The van der Waals surface area contributed by atoms with Gasteiger partial charge in [0.25, 0.3) is 0 Å². The van der Waals surface area contributed by atoms with Crippen LogP contribution in [0.25, 0.3) is 0 Å². The number of unbranched alkanes of at least 4 members (excludes halogenated alkanes) is 13. The van der Waals surface area contributed by atoms with Crippen LogP contribution in [0, 0.1) is 0 Å². The van der Waals surface area contributed by atoms with Gasteiger partial charge in [-0.25, -0.2) is 4.79 Å². The molecule has 142 valence electrons. The van der Waals surface area contributed by atoms with Gasteiger partial charge in [-0.3, -0.25) is 0 Å². The predicted molar refractivity (Wildman–Crippen MR) is 105 cm³/mol. The van der Waals surface area contributed by atoms with Gasteiger partial charge in [0.15, 0.2) is 0 Å². The molecule has 0 aromatic rings.